The minimum atomic E-state index is -0.152. The highest BCUT2D eigenvalue weighted by Crippen LogP contribution is 2.34. The normalized spacial score (nSPS) is 18.1. The van der Waals surface area contributed by atoms with Crippen LogP contribution in [0.2, 0.25) is 0 Å². The van der Waals surface area contributed by atoms with Gasteiger partial charge in [-0.25, -0.2) is 4.99 Å². The Labute approximate surface area is 160 Å². The number of phenols is 1. The van der Waals surface area contributed by atoms with Gasteiger partial charge in [0.25, 0.3) is 0 Å². The zero-order valence-corrected chi connectivity index (χ0v) is 15.9. The third kappa shape index (κ3) is 3.46. The van der Waals surface area contributed by atoms with E-state index in [2.05, 4.69) is 32.2 Å². The van der Waals surface area contributed by atoms with Crippen molar-refractivity contribution in [3.63, 3.8) is 0 Å². The van der Waals surface area contributed by atoms with Crippen LogP contribution in [0, 0.1) is 0 Å². The molecule has 1 atom stereocenters. The van der Waals surface area contributed by atoms with Gasteiger partial charge < -0.3 is 15.3 Å². The first kappa shape index (κ1) is 17.1. The summed E-state index contributed by atoms with van der Waals surface area (Å²) >= 11 is 3.51. The van der Waals surface area contributed by atoms with E-state index in [1.807, 2.05) is 24.3 Å². The van der Waals surface area contributed by atoms with Crippen LogP contribution in [0.3, 0.4) is 0 Å². The summed E-state index contributed by atoms with van der Waals surface area (Å²) in [6.45, 7) is 1.31. The maximum absolute atomic E-state index is 12.7. The first-order valence-corrected chi connectivity index (χ1v) is 9.58. The number of aromatic hydroxyl groups is 1. The number of aliphatic imine (C=N–C) groups is 1. The monoisotopic (exact) mass is 413 g/mol. The fraction of sp³-hybridized carbons (Fsp3) is 0.300. The number of amides is 1. The van der Waals surface area contributed by atoms with Gasteiger partial charge in [-0.15, -0.1) is 0 Å². The Hall–Kier alpha value is -2.34. The number of rotatable bonds is 4. The van der Waals surface area contributed by atoms with Crippen LogP contribution in [0.15, 0.2) is 51.9 Å². The summed E-state index contributed by atoms with van der Waals surface area (Å²) in [7, 11) is 0. The van der Waals surface area contributed by atoms with Gasteiger partial charge in [0.1, 0.15) is 17.6 Å². The number of halogens is 1. The van der Waals surface area contributed by atoms with E-state index in [0.717, 1.165) is 52.9 Å². The highest BCUT2D eigenvalue weighted by atomic mass is 79.9. The number of hydrogen-bond acceptors (Lipinski definition) is 4. The van der Waals surface area contributed by atoms with Gasteiger partial charge in [0.2, 0.25) is 5.91 Å². The zero-order chi connectivity index (χ0) is 18.1. The lowest BCUT2D eigenvalue weighted by Crippen LogP contribution is -2.45. The molecule has 1 fully saturated rings. The number of fused-ring (bicyclic) bond motifs is 2. The van der Waals surface area contributed by atoms with Crippen LogP contribution < -0.4 is 5.32 Å². The van der Waals surface area contributed by atoms with Crippen molar-refractivity contribution in [1.29, 1.82) is 0 Å². The lowest BCUT2D eigenvalue weighted by Gasteiger charge is -2.30. The third-order valence-electron chi connectivity index (χ3n) is 4.93. The molecule has 2 N–H and O–H groups in total. The molecular formula is C20H20BrN3O2. The lowest BCUT2D eigenvalue weighted by atomic mass is 10.1. The molecule has 4 rings (SSSR count). The molecule has 26 heavy (non-hydrogen) atoms. The summed E-state index contributed by atoms with van der Waals surface area (Å²) in [5, 5.41) is 12.4. The summed E-state index contributed by atoms with van der Waals surface area (Å²) in [6, 6.07) is 13.0. The van der Waals surface area contributed by atoms with Crippen LogP contribution in [-0.2, 0) is 17.8 Å². The first-order chi connectivity index (χ1) is 12.6. The molecule has 0 saturated carbocycles. The van der Waals surface area contributed by atoms with E-state index in [0.29, 0.717) is 6.54 Å². The summed E-state index contributed by atoms with van der Waals surface area (Å²) in [5.41, 5.74) is 3.24. The Morgan fingerprint density at radius 1 is 1.27 bits per heavy atom. The summed E-state index contributed by atoms with van der Waals surface area (Å²) in [4.78, 5) is 19.5. The molecule has 2 aromatic carbocycles. The number of nitrogens with one attached hydrogen (secondary N) is 1. The van der Waals surface area contributed by atoms with Gasteiger partial charge in [-0.3, -0.25) is 4.79 Å². The van der Waals surface area contributed by atoms with Gasteiger partial charge in [-0.2, -0.15) is 0 Å². The average Bonchev–Trinajstić information content (AvgIpc) is 3.04. The van der Waals surface area contributed by atoms with Gasteiger partial charge in [0.15, 0.2) is 0 Å². The maximum Gasteiger partial charge on any atom is 0.242 e. The van der Waals surface area contributed by atoms with Crippen LogP contribution in [0.1, 0.15) is 24.0 Å². The minimum absolute atomic E-state index is 0.0624. The standard InChI is InChI=1S/C20H20BrN3O2/c21-15-3-6-17-14(11-15)12-24-18(7-8-19(24)23-17)20(26)22-10-9-13-1-4-16(25)5-2-13/h1-6,11,18,25H,7-10,12H2,(H,22,26)/t18-/m1/s1. The zero-order valence-electron chi connectivity index (χ0n) is 14.3. The maximum atomic E-state index is 12.7. The Bertz CT molecular complexity index is 864. The number of amidine groups is 1. The van der Waals surface area contributed by atoms with E-state index >= 15 is 0 Å². The third-order valence-corrected chi connectivity index (χ3v) is 5.43. The number of carbonyl (C=O) groups is 1. The lowest BCUT2D eigenvalue weighted by molar-refractivity contribution is -0.124. The molecule has 2 aliphatic rings. The molecule has 0 aromatic heterocycles. The molecule has 6 heteroatoms. The van der Waals surface area contributed by atoms with E-state index in [9.17, 15) is 9.90 Å². The molecule has 0 bridgehead atoms. The molecular weight excluding hydrogens is 394 g/mol. The van der Waals surface area contributed by atoms with Gasteiger partial charge >= 0.3 is 0 Å². The van der Waals surface area contributed by atoms with Crippen LogP contribution >= 0.6 is 15.9 Å². The van der Waals surface area contributed by atoms with Gasteiger partial charge in [-0.05, 0) is 54.3 Å². The van der Waals surface area contributed by atoms with Crippen molar-refractivity contribution in [2.45, 2.75) is 31.8 Å². The van der Waals surface area contributed by atoms with Crippen molar-refractivity contribution in [3.8, 4) is 5.75 Å². The summed E-state index contributed by atoms with van der Waals surface area (Å²) in [6.07, 6.45) is 2.39. The van der Waals surface area contributed by atoms with Crippen molar-refractivity contribution in [3.05, 3.63) is 58.1 Å². The molecule has 134 valence electrons. The van der Waals surface area contributed by atoms with Crippen LogP contribution in [0.5, 0.6) is 5.75 Å². The topological polar surface area (TPSA) is 64.9 Å². The Morgan fingerprint density at radius 2 is 2.08 bits per heavy atom. The molecule has 5 nitrogen and oxygen atoms in total. The second-order valence-electron chi connectivity index (χ2n) is 6.69. The molecule has 2 heterocycles. The van der Waals surface area contributed by atoms with Crippen molar-refractivity contribution in [2.24, 2.45) is 4.99 Å². The van der Waals surface area contributed by atoms with E-state index in [1.54, 1.807) is 12.1 Å². The van der Waals surface area contributed by atoms with Crippen LogP contribution in [0.25, 0.3) is 0 Å². The van der Waals surface area contributed by atoms with Gasteiger partial charge in [0, 0.05) is 24.0 Å². The largest absolute Gasteiger partial charge is 0.508 e. The Balaban J connectivity index is 1.38. The molecule has 0 spiro atoms. The number of benzene rings is 2. The summed E-state index contributed by atoms with van der Waals surface area (Å²) in [5.74, 6) is 1.33. The van der Waals surface area contributed by atoms with Crippen molar-refractivity contribution >= 4 is 33.4 Å². The number of carbonyl (C=O) groups excluding carboxylic acids is 1. The number of nitrogens with zero attached hydrogens (tertiary/aromatic N) is 2. The molecule has 0 aliphatic carbocycles. The fourth-order valence-electron chi connectivity index (χ4n) is 3.56. The number of hydrogen-bond donors (Lipinski definition) is 2. The fourth-order valence-corrected chi connectivity index (χ4v) is 3.97. The predicted molar refractivity (Wildman–Crippen MR) is 105 cm³/mol. The van der Waals surface area contributed by atoms with Crippen molar-refractivity contribution in [1.82, 2.24) is 10.2 Å². The highest BCUT2D eigenvalue weighted by molar-refractivity contribution is 9.10. The highest BCUT2D eigenvalue weighted by Gasteiger charge is 2.36. The summed E-state index contributed by atoms with van der Waals surface area (Å²) < 4.78 is 1.03. The van der Waals surface area contributed by atoms with Crippen molar-refractivity contribution in [2.75, 3.05) is 6.54 Å². The quantitative estimate of drug-likeness (QED) is 0.805. The van der Waals surface area contributed by atoms with E-state index in [1.165, 1.54) is 0 Å². The predicted octanol–water partition coefficient (Wildman–Crippen LogP) is 3.52. The average molecular weight is 414 g/mol. The number of phenolic OH excluding ortho intramolecular Hbond substituents is 1. The van der Waals surface area contributed by atoms with Crippen LogP contribution in [-0.4, -0.2) is 34.3 Å². The first-order valence-electron chi connectivity index (χ1n) is 8.78. The molecule has 1 amide bonds. The van der Waals surface area contributed by atoms with E-state index in [-0.39, 0.29) is 17.7 Å². The molecule has 2 aliphatic heterocycles. The van der Waals surface area contributed by atoms with Gasteiger partial charge in [-0.1, -0.05) is 28.1 Å². The Morgan fingerprint density at radius 3 is 2.88 bits per heavy atom. The molecule has 0 unspecified atom stereocenters. The second-order valence-corrected chi connectivity index (χ2v) is 7.61. The second kappa shape index (κ2) is 7.11. The van der Waals surface area contributed by atoms with E-state index in [4.69, 9.17) is 4.99 Å². The van der Waals surface area contributed by atoms with Crippen molar-refractivity contribution < 1.29 is 9.90 Å². The molecule has 1 saturated heterocycles. The van der Waals surface area contributed by atoms with Gasteiger partial charge in [0.05, 0.1) is 5.69 Å². The smallest absolute Gasteiger partial charge is 0.242 e. The molecule has 0 radical (unpaired) electrons. The minimum Gasteiger partial charge on any atom is -0.508 e. The Kier molecular flexibility index (Phi) is 4.68. The molecule has 2 aromatic rings. The van der Waals surface area contributed by atoms with Crippen LogP contribution in [0.4, 0.5) is 5.69 Å². The SMILES string of the molecule is O=C(NCCc1ccc(O)cc1)[C@H]1CCC2=Nc3ccc(Br)cc3CN21. The van der Waals surface area contributed by atoms with E-state index < -0.39 is 0 Å².